The molecule has 0 spiro atoms. The minimum absolute atomic E-state index is 0.0547. The monoisotopic (exact) mass is 491 g/mol. The minimum Gasteiger partial charge on any atom is -0.475 e. The van der Waals surface area contributed by atoms with Gasteiger partial charge in [-0.05, 0) is 49.9 Å². The molecule has 1 amide bonds. The van der Waals surface area contributed by atoms with Crippen molar-refractivity contribution in [2.45, 2.75) is 50.2 Å². The van der Waals surface area contributed by atoms with E-state index in [0.29, 0.717) is 47.8 Å². The summed E-state index contributed by atoms with van der Waals surface area (Å²) in [5.41, 5.74) is -0.162. The zero-order valence-corrected chi connectivity index (χ0v) is 20.0. The van der Waals surface area contributed by atoms with Crippen molar-refractivity contribution < 1.29 is 14.3 Å². The molecule has 8 nitrogen and oxygen atoms in total. The van der Waals surface area contributed by atoms with Crippen molar-refractivity contribution in [3.63, 3.8) is 0 Å². The number of amides is 1. The van der Waals surface area contributed by atoms with E-state index in [1.165, 1.54) is 0 Å². The maximum absolute atomic E-state index is 12.7. The van der Waals surface area contributed by atoms with E-state index in [-0.39, 0.29) is 23.6 Å². The van der Waals surface area contributed by atoms with Gasteiger partial charge in [-0.15, -0.1) is 16.6 Å². The Morgan fingerprint density at radius 3 is 2.51 bits per heavy atom. The number of benzene rings is 1. The highest BCUT2D eigenvalue weighted by Gasteiger charge is 2.36. The van der Waals surface area contributed by atoms with Gasteiger partial charge in [0.2, 0.25) is 0 Å². The number of hydrogen-bond donors (Lipinski definition) is 1. The molecule has 35 heavy (non-hydrogen) atoms. The lowest BCUT2D eigenvalue weighted by atomic mass is 9.82. The molecule has 1 aliphatic carbocycles. The first-order valence-electron chi connectivity index (χ1n) is 11.7. The number of halogens is 1. The number of nitrogens with one attached hydrogen (secondary N) is 1. The summed E-state index contributed by atoms with van der Waals surface area (Å²) in [5.74, 6) is 3.83. The number of rotatable bonds is 6. The number of aldehydes is 1. The molecule has 2 heterocycles. The molecule has 0 atom stereocenters. The fraction of sp³-hybridized carbons (Fsp3) is 0.423. The lowest BCUT2D eigenvalue weighted by Gasteiger charge is -2.36. The van der Waals surface area contributed by atoms with E-state index in [1.54, 1.807) is 30.3 Å². The van der Waals surface area contributed by atoms with Crippen molar-refractivity contribution in [3.05, 3.63) is 46.6 Å². The molecule has 0 unspecified atom stereocenters. The second-order valence-corrected chi connectivity index (χ2v) is 9.39. The number of hydrogen-bond acceptors (Lipinski definition) is 7. The van der Waals surface area contributed by atoms with Crippen molar-refractivity contribution in [3.8, 4) is 24.2 Å². The van der Waals surface area contributed by atoms with Crippen LogP contribution in [0.2, 0.25) is 5.02 Å². The molecule has 1 saturated carbocycles. The number of piperidine rings is 1. The lowest BCUT2D eigenvalue weighted by molar-refractivity contribution is -0.111. The molecule has 0 bridgehead atoms. The highest BCUT2D eigenvalue weighted by molar-refractivity contribution is 6.31. The van der Waals surface area contributed by atoms with Crippen LogP contribution >= 0.6 is 11.6 Å². The zero-order chi connectivity index (χ0) is 24.8. The number of carbonyl (C=O) groups is 2. The molecule has 4 rings (SSSR count). The van der Waals surface area contributed by atoms with Crippen molar-refractivity contribution in [1.82, 2.24) is 15.5 Å². The molecule has 180 valence electrons. The predicted octanol–water partition coefficient (Wildman–Crippen LogP) is 3.54. The van der Waals surface area contributed by atoms with E-state index in [4.69, 9.17) is 28.0 Å². The average molecular weight is 492 g/mol. The Kier molecular flexibility index (Phi) is 7.53. The second kappa shape index (κ2) is 10.8. The van der Waals surface area contributed by atoms with E-state index in [2.05, 4.69) is 26.3 Å². The molecule has 1 aromatic heterocycles. The molecular formula is C26H26ClN5O3. The minimum atomic E-state index is -0.794. The van der Waals surface area contributed by atoms with Gasteiger partial charge in [-0.2, -0.15) is 5.26 Å². The summed E-state index contributed by atoms with van der Waals surface area (Å²) < 4.78 is 6.11. The van der Waals surface area contributed by atoms with Gasteiger partial charge in [0.15, 0.2) is 17.1 Å². The summed E-state index contributed by atoms with van der Waals surface area (Å²) in [6.45, 7) is 1.50. The largest absolute Gasteiger partial charge is 0.475 e. The third kappa shape index (κ3) is 5.72. The van der Waals surface area contributed by atoms with Gasteiger partial charge in [0.25, 0.3) is 5.91 Å². The third-order valence-electron chi connectivity index (χ3n) is 6.70. The Labute approximate surface area is 209 Å². The van der Waals surface area contributed by atoms with Crippen LogP contribution in [0.4, 0.5) is 5.82 Å². The molecule has 1 N–H and O–H groups in total. The number of nitrogens with zero attached hydrogens (tertiary/aromatic N) is 4. The molecule has 2 aromatic rings. The Balaban J connectivity index is 1.30. The summed E-state index contributed by atoms with van der Waals surface area (Å²) in [6.07, 6.45) is 10.9. The summed E-state index contributed by atoms with van der Waals surface area (Å²) in [6, 6.07) is 10.3. The van der Waals surface area contributed by atoms with Crippen LogP contribution in [0, 0.1) is 29.6 Å². The highest BCUT2D eigenvalue weighted by Crippen LogP contribution is 2.34. The van der Waals surface area contributed by atoms with Crippen molar-refractivity contribution in [2.24, 2.45) is 5.92 Å². The van der Waals surface area contributed by atoms with Gasteiger partial charge in [-0.3, -0.25) is 4.79 Å². The van der Waals surface area contributed by atoms with Crippen LogP contribution in [-0.2, 0) is 4.79 Å². The van der Waals surface area contributed by atoms with Crippen LogP contribution in [0.3, 0.4) is 0 Å². The third-order valence-corrected chi connectivity index (χ3v) is 7.02. The highest BCUT2D eigenvalue weighted by atomic mass is 35.5. The lowest BCUT2D eigenvalue weighted by Crippen LogP contribution is -2.45. The van der Waals surface area contributed by atoms with Crippen LogP contribution in [0.5, 0.6) is 5.75 Å². The van der Waals surface area contributed by atoms with Crippen LogP contribution in [-0.4, -0.2) is 47.1 Å². The smallest absolute Gasteiger partial charge is 0.272 e. The molecule has 1 aliphatic heterocycles. The Bertz CT molecular complexity index is 1150. The van der Waals surface area contributed by atoms with Crippen LogP contribution in [0.25, 0.3) is 0 Å². The number of carbonyl (C=O) groups excluding carboxylic acids is 2. The normalized spacial score (nSPS) is 22.5. The van der Waals surface area contributed by atoms with E-state index >= 15 is 0 Å². The van der Waals surface area contributed by atoms with Gasteiger partial charge in [0.1, 0.15) is 18.1 Å². The van der Waals surface area contributed by atoms with E-state index in [0.717, 1.165) is 32.2 Å². The number of terminal acetylenes is 1. The van der Waals surface area contributed by atoms with Gasteiger partial charge in [-0.1, -0.05) is 17.5 Å². The van der Waals surface area contributed by atoms with Crippen molar-refractivity contribution in [1.29, 1.82) is 5.26 Å². The molecule has 1 saturated heterocycles. The Hall–Kier alpha value is -3.62. The summed E-state index contributed by atoms with van der Waals surface area (Å²) >= 11 is 6.11. The first kappa shape index (κ1) is 24.5. The van der Waals surface area contributed by atoms with E-state index in [1.807, 2.05) is 6.07 Å². The fourth-order valence-corrected chi connectivity index (χ4v) is 4.73. The quantitative estimate of drug-likeness (QED) is 0.486. The maximum atomic E-state index is 12.7. The summed E-state index contributed by atoms with van der Waals surface area (Å²) in [5, 5.41) is 20.7. The maximum Gasteiger partial charge on any atom is 0.272 e. The topological polar surface area (TPSA) is 108 Å². The number of aromatic nitrogens is 2. The van der Waals surface area contributed by atoms with Crippen LogP contribution < -0.4 is 15.0 Å². The standard InChI is InChI=1S/C26H26ClN5O3/c1-2-26(35-21-4-3-19(16-28)22(27)15-21)11-7-20(8-12-26)29-25(34)23-5-6-24(31-30-23)32-13-9-18(17-33)10-14-32/h1,3-6,15,17-18,20H,7-14H2,(H,29,34). The molecule has 9 heteroatoms. The average Bonchev–Trinajstić information content (AvgIpc) is 2.90. The predicted molar refractivity (Wildman–Crippen MR) is 131 cm³/mol. The van der Waals surface area contributed by atoms with E-state index < -0.39 is 5.60 Å². The van der Waals surface area contributed by atoms with E-state index in [9.17, 15) is 9.59 Å². The fourth-order valence-electron chi connectivity index (χ4n) is 4.52. The van der Waals surface area contributed by atoms with Crippen molar-refractivity contribution >= 4 is 29.6 Å². The zero-order valence-electron chi connectivity index (χ0n) is 19.2. The van der Waals surface area contributed by atoms with Gasteiger partial charge in [0.05, 0.1) is 10.6 Å². The van der Waals surface area contributed by atoms with Crippen LogP contribution in [0.15, 0.2) is 30.3 Å². The molecule has 1 aromatic carbocycles. The van der Waals surface area contributed by atoms with Gasteiger partial charge in [-0.25, -0.2) is 0 Å². The summed E-state index contributed by atoms with van der Waals surface area (Å²) in [4.78, 5) is 25.7. The number of anilines is 1. The van der Waals surface area contributed by atoms with Gasteiger partial charge >= 0.3 is 0 Å². The first-order chi connectivity index (χ1) is 16.9. The molecule has 2 aliphatic rings. The summed E-state index contributed by atoms with van der Waals surface area (Å²) in [7, 11) is 0. The number of ether oxygens (including phenoxy) is 1. The molecule has 0 radical (unpaired) electrons. The first-order valence-corrected chi connectivity index (χ1v) is 12.0. The Morgan fingerprint density at radius 2 is 1.94 bits per heavy atom. The number of nitriles is 1. The molecular weight excluding hydrogens is 466 g/mol. The van der Waals surface area contributed by atoms with Crippen molar-refractivity contribution in [2.75, 3.05) is 18.0 Å². The molecule has 2 fully saturated rings. The SMILES string of the molecule is C#CC1(Oc2ccc(C#N)c(Cl)c2)CCC(NC(=O)c2ccc(N3CCC(C=O)CC3)nn2)CC1. The van der Waals surface area contributed by atoms with Crippen LogP contribution in [0.1, 0.15) is 54.6 Å². The van der Waals surface area contributed by atoms with Gasteiger partial charge in [0, 0.05) is 44.0 Å². The van der Waals surface area contributed by atoms with Gasteiger partial charge < -0.3 is 19.7 Å². The Morgan fingerprint density at radius 1 is 1.20 bits per heavy atom. The second-order valence-electron chi connectivity index (χ2n) is 8.98.